The van der Waals surface area contributed by atoms with E-state index in [1.165, 1.54) is 49.5 Å². The van der Waals surface area contributed by atoms with E-state index in [1.807, 2.05) is 6.07 Å². The average Bonchev–Trinajstić information content (AvgIpc) is 3.62. The van der Waals surface area contributed by atoms with Crippen LogP contribution in [0.1, 0.15) is 25.0 Å². The fourth-order valence-electron chi connectivity index (χ4n) is 8.14. The Morgan fingerprint density at radius 3 is 2.10 bits per heavy atom. The second-order valence-corrected chi connectivity index (χ2v) is 13.8. The van der Waals surface area contributed by atoms with Crippen molar-refractivity contribution in [3.8, 4) is 22.3 Å². The summed E-state index contributed by atoms with van der Waals surface area (Å²) in [5, 5.41) is 7.10. The van der Waals surface area contributed by atoms with Gasteiger partial charge in [-0.3, -0.25) is 0 Å². The number of anilines is 3. The number of hydrogen-bond acceptors (Lipinski definition) is 2. The number of nitrogens with zero attached hydrogens (tertiary/aromatic N) is 1. The minimum absolute atomic E-state index is 0.0579. The van der Waals surface area contributed by atoms with Crippen LogP contribution in [-0.4, -0.2) is 0 Å². The van der Waals surface area contributed by atoms with Gasteiger partial charge in [-0.15, -0.1) is 0 Å². The molecule has 0 fully saturated rings. The molecule has 0 amide bonds. The van der Waals surface area contributed by atoms with E-state index in [2.05, 4.69) is 176 Å². The molecule has 0 N–H and O–H groups in total. The van der Waals surface area contributed by atoms with Crippen LogP contribution in [0.5, 0.6) is 0 Å². The number of hydrogen-bond donors (Lipinski definition) is 0. The van der Waals surface area contributed by atoms with Crippen LogP contribution in [0.15, 0.2) is 168 Å². The summed E-state index contributed by atoms with van der Waals surface area (Å²) in [6, 6.07) is 59.6. The molecule has 0 aliphatic heterocycles. The summed E-state index contributed by atoms with van der Waals surface area (Å²) in [6.07, 6.45) is 0. The molecule has 0 saturated heterocycles. The molecule has 9 aromatic rings. The standard InChI is InChI=1S/C47H33NO/c1-47(2)42-18-7-5-16-37(42)40-28-36(23-24-43(40)47)48(35-15-9-13-32(26-35)33-22-21-30-11-3-4-12-31(30)25-33)44-19-10-14-34-27-41-38-17-6-8-20-45(38)49-46(41)29-39(34)44/h3-29H,1-2H3. The van der Waals surface area contributed by atoms with Gasteiger partial charge in [-0.05, 0) is 104 Å². The Bertz CT molecular complexity index is 2770. The molecule has 0 radical (unpaired) electrons. The van der Waals surface area contributed by atoms with E-state index in [0.717, 1.165) is 44.4 Å². The zero-order valence-corrected chi connectivity index (χ0v) is 27.4. The lowest BCUT2D eigenvalue weighted by atomic mass is 9.82. The van der Waals surface area contributed by atoms with Crippen molar-refractivity contribution in [3.63, 3.8) is 0 Å². The summed E-state index contributed by atoms with van der Waals surface area (Å²) in [5.41, 5.74) is 12.8. The van der Waals surface area contributed by atoms with Crippen LogP contribution >= 0.6 is 0 Å². The predicted molar refractivity (Wildman–Crippen MR) is 206 cm³/mol. The predicted octanol–water partition coefficient (Wildman–Crippen LogP) is 13.3. The van der Waals surface area contributed by atoms with Gasteiger partial charge in [-0.1, -0.05) is 123 Å². The molecule has 1 heterocycles. The first kappa shape index (κ1) is 27.9. The van der Waals surface area contributed by atoms with E-state index in [1.54, 1.807) is 0 Å². The van der Waals surface area contributed by atoms with Gasteiger partial charge in [0.25, 0.3) is 0 Å². The van der Waals surface area contributed by atoms with E-state index >= 15 is 0 Å². The molecular formula is C47H33NO. The lowest BCUT2D eigenvalue weighted by molar-refractivity contribution is 0.660. The van der Waals surface area contributed by atoms with Gasteiger partial charge >= 0.3 is 0 Å². The third-order valence-corrected chi connectivity index (χ3v) is 10.6. The number of fused-ring (bicyclic) bond motifs is 8. The van der Waals surface area contributed by atoms with Gasteiger partial charge < -0.3 is 9.32 Å². The normalized spacial score (nSPS) is 13.3. The second kappa shape index (κ2) is 10.4. The molecule has 0 saturated carbocycles. The maximum atomic E-state index is 6.42. The molecule has 49 heavy (non-hydrogen) atoms. The topological polar surface area (TPSA) is 16.4 Å². The molecule has 1 aromatic heterocycles. The summed E-state index contributed by atoms with van der Waals surface area (Å²) in [4.78, 5) is 2.43. The fraction of sp³-hybridized carbons (Fsp3) is 0.0638. The molecule has 0 spiro atoms. The lowest BCUT2D eigenvalue weighted by Crippen LogP contribution is -2.15. The molecule has 10 rings (SSSR count). The summed E-state index contributed by atoms with van der Waals surface area (Å²) >= 11 is 0. The summed E-state index contributed by atoms with van der Waals surface area (Å²) in [5.74, 6) is 0. The van der Waals surface area contributed by atoms with Crippen LogP contribution in [0.2, 0.25) is 0 Å². The van der Waals surface area contributed by atoms with Gasteiger partial charge in [0.1, 0.15) is 11.2 Å². The van der Waals surface area contributed by atoms with Crippen molar-refractivity contribution in [2.45, 2.75) is 19.3 Å². The quantitative estimate of drug-likeness (QED) is 0.193. The Kier molecular flexibility index (Phi) is 5.95. The smallest absolute Gasteiger partial charge is 0.136 e. The average molecular weight is 628 g/mol. The van der Waals surface area contributed by atoms with Crippen LogP contribution < -0.4 is 4.90 Å². The third kappa shape index (κ3) is 4.27. The Balaban J connectivity index is 1.21. The Labute approximate surface area is 285 Å². The van der Waals surface area contributed by atoms with Gasteiger partial charge in [-0.25, -0.2) is 0 Å². The van der Waals surface area contributed by atoms with E-state index in [9.17, 15) is 0 Å². The van der Waals surface area contributed by atoms with Crippen molar-refractivity contribution in [2.75, 3.05) is 4.90 Å². The van der Waals surface area contributed by atoms with Crippen molar-refractivity contribution in [1.82, 2.24) is 0 Å². The molecule has 0 bridgehead atoms. The lowest BCUT2D eigenvalue weighted by Gasteiger charge is -2.28. The SMILES string of the molecule is CC1(C)c2ccccc2-c2cc(N(c3cccc(-c4ccc5ccccc5c4)c3)c3cccc4cc5c(cc34)oc3ccccc35)ccc21. The molecule has 0 atom stereocenters. The first-order chi connectivity index (χ1) is 24.0. The zero-order chi connectivity index (χ0) is 32.7. The molecule has 1 aliphatic carbocycles. The monoisotopic (exact) mass is 627 g/mol. The highest BCUT2D eigenvalue weighted by atomic mass is 16.3. The molecule has 2 heteroatoms. The van der Waals surface area contributed by atoms with Crippen molar-refractivity contribution < 1.29 is 4.42 Å². The van der Waals surface area contributed by atoms with Crippen molar-refractivity contribution in [3.05, 3.63) is 175 Å². The molecule has 8 aromatic carbocycles. The molecule has 1 aliphatic rings. The van der Waals surface area contributed by atoms with Crippen molar-refractivity contribution in [1.29, 1.82) is 0 Å². The molecular weight excluding hydrogens is 595 g/mol. The van der Waals surface area contributed by atoms with Crippen LogP contribution in [0.25, 0.3) is 65.7 Å². The third-order valence-electron chi connectivity index (χ3n) is 10.6. The fourth-order valence-corrected chi connectivity index (χ4v) is 8.14. The first-order valence-corrected chi connectivity index (χ1v) is 17.0. The van der Waals surface area contributed by atoms with E-state index < -0.39 is 0 Å². The first-order valence-electron chi connectivity index (χ1n) is 17.0. The summed E-state index contributed by atoms with van der Waals surface area (Å²) in [7, 11) is 0. The second-order valence-electron chi connectivity index (χ2n) is 13.8. The maximum Gasteiger partial charge on any atom is 0.136 e. The van der Waals surface area contributed by atoms with Gasteiger partial charge in [0, 0.05) is 32.9 Å². The minimum Gasteiger partial charge on any atom is -0.456 e. The van der Waals surface area contributed by atoms with Crippen LogP contribution in [0, 0.1) is 0 Å². The minimum atomic E-state index is -0.0579. The van der Waals surface area contributed by atoms with Crippen molar-refractivity contribution >= 4 is 60.5 Å². The summed E-state index contributed by atoms with van der Waals surface area (Å²) < 4.78 is 6.42. The van der Waals surface area contributed by atoms with Gasteiger partial charge in [0.2, 0.25) is 0 Å². The zero-order valence-electron chi connectivity index (χ0n) is 27.4. The number of para-hydroxylation sites is 1. The Hall–Kier alpha value is -6.12. The number of benzene rings is 8. The highest BCUT2D eigenvalue weighted by Gasteiger charge is 2.35. The van der Waals surface area contributed by atoms with Gasteiger partial charge in [0.15, 0.2) is 0 Å². The highest BCUT2D eigenvalue weighted by molar-refractivity contribution is 6.13. The molecule has 232 valence electrons. The Morgan fingerprint density at radius 2 is 1.16 bits per heavy atom. The van der Waals surface area contributed by atoms with E-state index in [-0.39, 0.29) is 5.41 Å². The van der Waals surface area contributed by atoms with Crippen LogP contribution in [0.3, 0.4) is 0 Å². The van der Waals surface area contributed by atoms with E-state index in [0.29, 0.717) is 0 Å². The highest BCUT2D eigenvalue weighted by Crippen LogP contribution is 2.51. The molecule has 0 unspecified atom stereocenters. The maximum absolute atomic E-state index is 6.42. The van der Waals surface area contributed by atoms with E-state index in [4.69, 9.17) is 4.42 Å². The largest absolute Gasteiger partial charge is 0.456 e. The summed E-state index contributed by atoms with van der Waals surface area (Å²) in [6.45, 7) is 4.68. The number of rotatable bonds is 4. The van der Waals surface area contributed by atoms with Gasteiger partial charge in [0.05, 0.1) is 5.69 Å². The van der Waals surface area contributed by atoms with Crippen LogP contribution in [0.4, 0.5) is 17.1 Å². The Morgan fingerprint density at radius 1 is 0.429 bits per heavy atom. The van der Waals surface area contributed by atoms with Gasteiger partial charge in [-0.2, -0.15) is 0 Å². The van der Waals surface area contributed by atoms with Crippen LogP contribution in [-0.2, 0) is 5.41 Å². The van der Waals surface area contributed by atoms with Crippen molar-refractivity contribution in [2.24, 2.45) is 0 Å². The number of furan rings is 1. The molecule has 2 nitrogen and oxygen atoms in total.